The van der Waals surface area contributed by atoms with Crippen molar-refractivity contribution in [3.8, 4) is 0 Å². The summed E-state index contributed by atoms with van der Waals surface area (Å²) in [5, 5.41) is 2.89. The number of anilines is 1. The van der Waals surface area contributed by atoms with Crippen molar-refractivity contribution in [1.29, 1.82) is 0 Å². The molecule has 18 heavy (non-hydrogen) atoms. The second kappa shape index (κ2) is 5.49. The maximum atomic E-state index is 11.9. The number of hydrogen-bond acceptors (Lipinski definition) is 3. The van der Waals surface area contributed by atoms with Crippen LogP contribution in [0.25, 0.3) is 10.2 Å². The molecule has 1 aromatic heterocycles. The number of amides is 2. The minimum atomic E-state index is -0.0708. The van der Waals surface area contributed by atoms with Crippen LogP contribution in [0.1, 0.15) is 13.8 Å². The van der Waals surface area contributed by atoms with Gasteiger partial charge in [-0.1, -0.05) is 0 Å². The molecular formula is C12H15N3OS2. The van der Waals surface area contributed by atoms with Crippen molar-refractivity contribution in [2.45, 2.75) is 13.8 Å². The first-order valence-corrected chi connectivity index (χ1v) is 7.05. The third-order valence-corrected chi connectivity index (χ3v) is 3.92. The number of urea groups is 1. The van der Waals surface area contributed by atoms with E-state index in [1.165, 1.54) is 11.3 Å². The Morgan fingerprint density at radius 3 is 2.83 bits per heavy atom. The van der Waals surface area contributed by atoms with Crippen molar-refractivity contribution >= 4 is 45.5 Å². The molecule has 6 heteroatoms. The van der Waals surface area contributed by atoms with Crippen LogP contribution in [0.5, 0.6) is 0 Å². The van der Waals surface area contributed by atoms with E-state index in [2.05, 4.69) is 10.3 Å². The minimum Gasteiger partial charge on any atom is -0.337 e. The summed E-state index contributed by atoms with van der Waals surface area (Å²) in [6, 6.07) is 5.67. The standard InChI is InChI=1S/C12H15N3OS2/c1-3-15(4-2)11(16)13-8-5-6-9-10(7-8)18-12(17)14-9/h5-7H,3-4H2,1-2H3,(H,13,16)(H,14,17). The molecule has 2 N–H and O–H groups in total. The SMILES string of the molecule is CCN(CC)C(=O)Nc1ccc2[nH]c(=S)sc2c1. The topological polar surface area (TPSA) is 48.1 Å². The molecule has 0 aliphatic rings. The first-order valence-electron chi connectivity index (χ1n) is 5.82. The first kappa shape index (κ1) is 13.0. The molecule has 0 spiro atoms. The van der Waals surface area contributed by atoms with Gasteiger partial charge in [0.05, 0.1) is 10.2 Å². The lowest BCUT2D eigenvalue weighted by Gasteiger charge is -2.19. The van der Waals surface area contributed by atoms with Crippen LogP contribution in [0.3, 0.4) is 0 Å². The molecule has 0 bridgehead atoms. The molecule has 2 amide bonds. The highest BCUT2D eigenvalue weighted by Gasteiger charge is 2.09. The Hall–Kier alpha value is -1.40. The maximum Gasteiger partial charge on any atom is 0.321 e. The largest absolute Gasteiger partial charge is 0.337 e. The van der Waals surface area contributed by atoms with Crippen LogP contribution in [0, 0.1) is 3.95 Å². The van der Waals surface area contributed by atoms with E-state index >= 15 is 0 Å². The molecular weight excluding hydrogens is 266 g/mol. The fraction of sp³-hybridized carbons (Fsp3) is 0.333. The fourth-order valence-electron chi connectivity index (χ4n) is 1.74. The minimum absolute atomic E-state index is 0.0708. The molecule has 0 radical (unpaired) electrons. The summed E-state index contributed by atoms with van der Waals surface area (Å²) in [4.78, 5) is 16.7. The summed E-state index contributed by atoms with van der Waals surface area (Å²) in [5.41, 5.74) is 1.80. The average Bonchev–Trinajstić information content (AvgIpc) is 2.70. The molecule has 2 aromatic rings. The Bertz CT molecular complexity index is 613. The van der Waals surface area contributed by atoms with E-state index in [0.29, 0.717) is 13.1 Å². The molecule has 0 aliphatic carbocycles. The van der Waals surface area contributed by atoms with E-state index in [9.17, 15) is 4.79 Å². The van der Waals surface area contributed by atoms with Gasteiger partial charge < -0.3 is 15.2 Å². The smallest absolute Gasteiger partial charge is 0.321 e. The number of aromatic amines is 1. The molecule has 4 nitrogen and oxygen atoms in total. The van der Waals surface area contributed by atoms with Crippen molar-refractivity contribution in [2.24, 2.45) is 0 Å². The van der Waals surface area contributed by atoms with Gasteiger partial charge in [0.2, 0.25) is 0 Å². The van der Waals surface area contributed by atoms with Gasteiger partial charge in [0, 0.05) is 18.8 Å². The lowest BCUT2D eigenvalue weighted by molar-refractivity contribution is 0.217. The van der Waals surface area contributed by atoms with Crippen molar-refractivity contribution in [3.05, 3.63) is 22.2 Å². The number of rotatable bonds is 3. The van der Waals surface area contributed by atoms with Crippen molar-refractivity contribution in [3.63, 3.8) is 0 Å². The Labute approximate surface area is 115 Å². The zero-order valence-corrected chi connectivity index (χ0v) is 12.0. The van der Waals surface area contributed by atoms with Crippen LogP contribution < -0.4 is 5.32 Å². The number of H-pyrrole nitrogens is 1. The van der Waals surface area contributed by atoms with Crippen LogP contribution >= 0.6 is 23.6 Å². The molecule has 0 saturated carbocycles. The van der Waals surface area contributed by atoms with Gasteiger partial charge in [-0.3, -0.25) is 0 Å². The van der Waals surface area contributed by atoms with E-state index < -0.39 is 0 Å². The van der Waals surface area contributed by atoms with Gasteiger partial charge >= 0.3 is 6.03 Å². The average molecular weight is 281 g/mol. The van der Waals surface area contributed by atoms with Crippen LogP contribution in [-0.4, -0.2) is 29.0 Å². The Balaban J connectivity index is 2.21. The number of nitrogens with one attached hydrogen (secondary N) is 2. The normalized spacial score (nSPS) is 10.6. The lowest BCUT2D eigenvalue weighted by atomic mass is 10.3. The molecule has 0 fully saturated rings. The van der Waals surface area contributed by atoms with Gasteiger partial charge in [0.1, 0.15) is 0 Å². The van der Waals surface area contributed by atoms with E-state index in [0.717, 1.165) is 19.9 Å². The summed E-state index contributed by atoms with van der Waals surface area (Å²) >= 11 is 6.60. The van der Waals surface area contributed by atoms with E-state index in [4.69, 9.17) is 12.2 Å². The molecule has 1 aromatic carbocycles. The Morgan fingerprint density at radius 1 is 1.44 bits per heavy atom. The summed E-state index contributed by atoms with van der Waals surface area (Å²) in [5.74, 6) is 0. The first-order chi connectivity index (χ1) is 8.63. The summed E-state index contributed by atoms with van der Waals surface area (Å²) in [6.45, 7) is 5.33. The zero-order valence-electron chi connectivity index (χ0n) is 10.3. The Kier molecular flexibility index (Phi) is 3.98. The number of carbonyl (C=O) groups is 1. The molecule has 0 atom stereocenters. The number of nitrogens with zero attached hydrogens (tertiary/aromatic N) is 1. The molecule has 0 saturated heterocycles. The summed E-state index contributed by atoms with van der Waals surface area (Å²) in [6.07, 6.45) is 0. The predicted octanol–water partition coefficient (Wildman–Crippen LogP) is 3.83. The lowest BCUT2D eigenvalue weighted by Crippen LogP contribution is -2.34. The zero-order chi connectivity index (χ0) is 13.1. The highest BCUT2D eigenvalue weighted by molar-refractivity contribution is 7.73. The monoisotopic (exact) mass is 281 g/mol. The number of benzene rings is 1. The van der Waals surface area contributed by atoms with E-state index in [1.54, 1.807) is 4.90 Å². The molecule has 2 rings (SSSR count). The summed E-state index contributed by atoms with van der Waals surface area (Å²) < 4.78 is 1.80. The third-order valence-electron chi connectivity index (χ3n) is 2.72. The number of carbonyl (C=O) groups excluding carboxylic acids is 1. The maximum absolute atomic E-state index is 11.9. The van der Waals surface area contributed by atoms with Gasteiger partial charge in [-0.25, -0.2) is 4.79 Å². The van der Waals surface area contributed by atoms with Gasteiger partial charge in [0.25, 0.3) is 0 Å². The highest BCUT2D eigenvalue weighted by Crippen LogP contribution is 2.23. The second-order valence-electron chi connectivity index (χ2n) is 3.83. The Morgan fingerprint density at radius 2 is 2.17 bits per heavy atom. The predicted molar refractivity (Wildman–Crippen MR) is 78.9 cm³/mol. The molecule has 1 heterocycles. The summed E-state index contributed by atoms with van der Waals surface area (Å²) in [7, 11) is 0. The number of hydrogen-bond donors (Lipinski definition) is 2. The number of thiazole rings is 1. The van der Waals surface area contributed by atoms with Gasteiger partial charge in [0.15, 0.2) is 3.95 Å². The van der Waals surface area contributed by atoms with Crippen molar-refractivity contribution in [1.82, 2.24) is 9.88 Å². The molecule has 0 unspecified atom stereocenters. The van der Waals surface area contributed by atoms with Crippen LogP contribution in [-0.2, 0) is 0 Å². The number of aromatic nitrogens is 1. The van der Waals surface area contributed by atoms with Crippen molar-refractivity contribution in [2.75, 3.05) is 18.4 Å². The molecule has 0 aliphatic heterocycles. The van der Waals surface area contributed by atoms with Gasteiger partial charge in [-0.05, 0) is 44.3 Å². The van der Waals surface area contributed by atoms with Gasteiger partial charge in [-0.15, -0.1) is 11.3 Å². The van der Waals surface area contributed by atoms with Crippen LogP contribution in [0.2, 0.25) is 0 Å². The van der Waals surface area contributed by atoms with Crippen LogP contribution in [0.15, 0.2) is 18.2 Å². The third kappa shape index (κ3) is 2.70. The highest BCUT2D eigenvalue weighted by atomic mass is 32.1. The van der Waals surface area contributed by atoms with Gasteiger partial charge in [-0.2, -0.15) is 0 Å². The van der Waals surface area contributed by atoms with E-state index in [1.807, 2.05) is 32.0 Å². The van der Waals surface area contributed by atoms with Crippen LogP contribution in [0.4, 0.5) is 10.5 Å². The second-order valence-corrected chi connectivity index (χ2v) is 5.55. The number of fused-ring (bicyclic) bond motifs is 1. The van der Waals surface area contributed by atoms with E-state index in [-0.39, 0.29) is 6.03 Å². The molecule has 96 valence electrons. The fourth-order valence-corrected chi connectivity index (χ4v) is 2.89. The van der Waals surface area contributed by atoms with Crippen molar-refractivity contribution < 1.29 is 4.79 Å². The quantitative estimate of drug-likeness (QED) is 0.840.